The third-order valence-corrected chi connectivity index (χ3v) is 3.92. The molecule has 0 spiro atoms. The number of rotatable bonds is 3. The monoisotopic (exact) mass is 266 g/mol. The smallest absolute Gasteiger partial charge is 0.273 e. The fourth-order valence-electron chi connectivity index (χ4n) is 1.92. The van der Waals surface area contributed by atoms with Gasteiger partial charge in [-0.3, -0.25) is 14.9 Å². The third kappa shape index (κ3) is 2.48. The summed E-state index contributed by atoms with van der Waals surface area (Å²) in [6.45, 7) is 2.58. The van der Waals surface area contributed by atoms with E-state index in [9.17, 15) is 14.9 Å². The molecule has 0 radical (unpaired) electrons. The van der Waals surface area contributed by atoms with Crippen LogP contribution in [0.1, 0.15) is 22.8 Å². The van der Waals surface area contributed by atoms with Gasteiger partial charge in [-0.2, -0.15) is 0 Å². The lowest BCUT2D eigenvalue weighted by molar-refractivity contribution is -0.385. The van der Waals surface area contributed by atoms with Crippen LogP contribution in [0.4, 0.5) is 5.69 Å². The lowest BCUT2D eigenvalue weighted by Crippen LogP contribution is -2.27. The number of carbonyl (C=O) groups is 1. The van der Waals surface area contributed by atoms with Crippen molar-refractivity contribution in [3.05, 3.63) is 39.4 Å². The van der Waals surface area contributed by atoms with E-state index in [2.05, 4.69) is 0 Å². The number of nitrogens with zero attached hydrogens (tertiary/aromatic N) is 2. The van der Waals surface area contributed by atoms with Crippen LogP contribution >= 0.6 is 11.8 Å². The maximum Gasteiger partial charge on any atom is 0.273 e. The molecule has 1 heterocycles. The Kier molecular flexibility index (Phi) is 3.86. The minimum absolute atomic E-state index is 0.0372. The SMILES string of the molecule is CCc1ccc(C(=O)N2CCSC2)cc1[N+](=O)[O-]. The van der Waals surface area contributed by atoms with Crippen molar-refractivity contribution in [3.63, 3.8) is 0 Å². The highest BCUT2D eigenvalue weighted by molar-refractivity contribution is 7.99. The minimum Gasteiger partial charge on any atom is -0.329 e. The Morgan fingerprint density at radius 3 is 2.89 bits per heavy atom. The molecule has 5 nitrogen and oxygen atoms in total. The molecule has 1 aromatic rings. The van der Waals surface area contributed by atoms with E-state index in [1.54, 1.807) is 28.8 Å². The number of carbonyl (C=O) groups excluding carboxylic acids is 1. The van der Waals surface area contributed by atoms with E-state index >= 15 is 0 Å². The number of nitro benzene ring substituents is 1. The first kappa shape index (κ1) is 12.9. The predicted octanol–water partition coefficient (Wildman–Crippen LogP) is 2.30. The highest BCUT2D eigenvalue weighted by atomic mass is 32.2. The highest BCUT2D eigenvalue weighted by Crippen LogP contribution is 2.23. The maximum absolute atomic E-state index is 12.1. The summed E-state index contributed by atoms with van der Waals surface area (Å²) >= 11 is 1.69. The molecule has 96 valence electrons. The third-order valence-electron chi connectivity index (χ3n) is 2.95. The Bertz CT molecular complexity index is 484. The van der Waals surface area contributed by atoms with Gasteiger partial charge in [0.25, 0.3) is 11.6 Å². The van der Waals surface area contributed by atoms with E-state index in [1.807, 2.05) is 6.92 Å². The Balaban J connectivity index is 2.31. The molecule has 18 heavy (non-hydrogen) atoms. The van der Waals surface area contributed by atoms with Crippen LogP contribution in [0.25, 0.3) is 0 Å². The average molecular weight is 266 g/mol. The van der Waals surface area contributed by atoms with Crippen molar-refractivity contribution >= 4 is 23.4 Å². The summed E-state index contributed by atoms with van der Waals surface area (Å²) in [5, 5.41) is 11.0. The van der Waals surface area contributed by atoms with Gasteiger partial charge in [0.05, 0.1) is 10.8 Å². The predicted molar refractivity (Wildman–Crippen MR) is 70.8 cm³/mol. The highest BCUT2D eigenvalue weighted by Gasteiger charge is 2.22. The molecular formula is C12H14N2O3S. The standard InChI is InChI=1S/C12H14N2O3S/c1-2-9-3-4-10(7-11(9)14(16)17)12(15)13-5-6-18-8-13/h3-4,7H,2,5-6,8H2,1H3. The first-order valence-electron chi connectivity index (χ1n) is 5.77. The number of nitro groups is 1. The van der Waals surface area contributed by atoms with Crippen molar-refractivity contribution in [3.8, 4) is 0 Å². The Hall–Kier alpha value is -1.56. The van der Waals surface area contributed by atoms with Gasteiger partial charge >= 0.3 is 0 Å². The summed E-state index contributed by atoms with van der Waals surface area (Å²) in [6, 6.07) is 4.75. The molecule has 1 saturated heterocycles. The quantitative estimate of drug-likeness (QED) is 0.622. The zero-order valence-corrected chi connectivity index (χ0v) is 10.9. The van der Waals surface area contributed by atoms with Gasteiger partial charge in [-0.05, 0) is 12.5 Å². The largest absolute Gasteiger partial charge is 0.329 e. The molecule has 0 aromatic heterocycles. The summed E-state index contributed by atoms with van der Waals surface area (Å²) in [6.07, 6.45) is 0.588. The molecular weight excluding hydrogens is 252 g/mol. The van der Waals surface area contributed by atoms with Crippen LogP contribution in [-0.4, -0.2) is 33.9 Å². The van der Waals surface area contributed by atoms with Gasteiger partial charge < -0.3 is 4.90 Å². The number of aryl methyl sites for hydroxylation is 1. The van der Waals surface area contributed by atoms with Crippen LogP contribution < -0.4 is 0 Å². The van der Waals surface area contributed by atoms with Gasteiger partial charge in [0.2, 0.25) is 0 Å². The van der Waals surface area contributed by atoms with Gasteiger partial charge in [-0.25, -0.2) is 0 Å². The van der Waals surface area contributed by atoms with E-state index in [1.165, 1.54) is 6.07 Å². The Labute approximate surface area is 109 Å². The van der Waals surface area contributed by atoms with E-state index in [4.69, 9.17) is 0 Å². The van der Waals surface area contributed by atoms with E-state index in [-0.39, 0.29) is 11.6 Å². The van der Waals surface area contributed by atoms with Crippen molar-refractivity contribution in [1.29, 1.82) is 0 Å². The Morgan fingerprint density at radius 2 is 2.33 bits per heavy atom. The molecule has 0 atom stereocenters. The zero-order chi connectivity index (χ0) is 13.1. The summed E-state index contributed by atoms with van der Waals surface area (Å²) in [5.41, 5.74) is 1.10. The molecule has 0 saturated carbocycles. The lowest BCUT2D eigenvalue weighted by Gasteiger charge is -2.14. The molecule has 6 heteroatoms. The summed E-state index contributed by atoms with van der Waals surface area (Å²) in [5.74, 6) is 1.48. The van der Waals surface area contributed by atoms with E-state index in [0.29, 0.717) is 30.0 Å². The summed E-state index contributed by atoms with van der Waals surface area (Å²) in [7, 11) is 0. The average Bonchev–Trinajstić information content (AvgIpc) is 2.90. The van der Waals surface area contributed by atoms with Gasteiger partial charge in [0.15, 0.2) is 0 Å². The first-order valence-corrected chi connectivity index (χ1v) is 6.93. The molecule has 0 N–H and O–H groups in total. The van der Waals surface area contributed by atoms with Crippen LogP contribution in [0.15, 0.2) is 18.2 Å². The second-order valence-electron chi connectivity index (χ2n) is 4.06. The molecule has 0 aliphatic carbocycles. The van der Waals surface area contributed by atoms with Crippen LogP contribution in [0, 0.1) is 10.1 Å². The number of amides is 1. The fraction of sp³-hybridized carbons (Fsp3) is 0.417. The summed E-state index contributed by atoms with van der Waals surface area (Å²) < 4.78 is 0. The molecule has 1 aliphatic heterocycles. The summed E-state index contributed by atoms with van der Waals surface area (Å²) in [4.78, 5) is 24.4. The molecule has 1 aliphatic rings. The fourth-order valence-corrected chi connectivity index (χ4v) is 2.87. The van der Waals surface area contributed by atoms with Gasteiger partial charge in [-0.15, -0.1) is 11.8 Å². The first-order chi connectivity index (χ1) is 8.63. The number of hydrogen-bond donors (Lipinski definition) is 0. The second kappa shape index (κ2) is 5.39. The van der Waals surface area contributed by atoms with Crippen molar-refractivity contribution < 1.29 is 9.72 Å². The number of thioether (sulfide) groups is 1. The van der Waals surface area contributed by atoms with Crippen LogP contribution in [0.3, 0.4) is 0 Å². The molecule has 1 fully saturated rings. The van der Waals surface area contributed by atoms with Crippen LogP contribution in [0.5, 0.6) is 0 Å². The van der Waals surface area contributed by atoms with Gasteiger partial charge in [-0.1, -0.05) is 13.0 Å². The lowest BCUT2D eigenvalue weighted by atomic mass is 10.1. The van der Waals surface area contributed by atoms with Crippen molar-refractivity contribution in [2.45, 2.75) is 13.3 Å². The van der Waals surface area contributed by atoms with Crippen LogP contribution in [0.2, 0.25) is 0 Å². The topological polar surface area (TPSA) is 63.5 Å². The molecule has 0 unspecified atom stereocenters. The molecule has 1 aromatic carbocycles. The van der Waals surface area contributed by atoms with Crippen molar-refractivity contribution in [2.75, 3.05) is 18.2 Å². The molecule has 1 amide bonds. The van der Waals surface area contributed by atoms with E-state index in [0.717, 1.165) is 5.75 Å². The van der Waals surface area contributed by atoms with Crippen LogP contribution in [-0.2, 0) is 6.42 Å². The van der Waals surface area contributed by atoms with Crippen molar-refractivity contribution in [2.24, 2.45) is 0 Å². The molecule has 2 rings (SSSR count). The van der Waals surface area contributed by atoms with Crippen molar-refractivity contribution in [1.82, 2.24) is 4.90 Å². The van der Waals surface area contributed by atoms with E-state index < -0.39 is 4.92 Å². The number of benzene rings is 1. The normalized spacial score (nSPS) is 14.8. The molecule has 0 bridgehead atoms. The minimum atomic E-state index is -0.422. The maximum atomic E-state index is 12.1. The van der Waals surface area contributed by atoms with Gasteiger partial charge in [0.1, 0.15) is 0 Å². The second-order valence-corrected chi connectivity index (χ2v) is 5.13. The number of hydrogen-bond acceptors (Lipinski definition) is 4. The zero-order valence-electron chi connectivity index (χ0n) is 10.1. The Morgan fingerprint density at radius 1 is 1.56 bits per heavy atom. The van der Waals surface area contributed by atoms with Gasteiger partial charge in [0, 0.05) is 29.5 Å².